The predicted molar refractivity (Wildman–Crippen MR) is 81.9 cm³/mol. The number of methoxy groups -OCH3 is 1. The summed E-state index contributed by atoms with van der Waals surface area (Å²) in [5.41, 5.74) is 2.48. The van der Waals surface area contributed by atoms with Gasteiger partial charge in [0.2, 0.25) is 0 Å². The summed E-state index contributed by atoms with van der Waals surface area (Å²) >= 11 is 0. The van der Waals surface area contributed by atoms with Crippen molar-refractivity contribution in [2.24, 2.45) is 0 Å². The molecule has 1 aromatic rings. The molecule has 0 aliphatic rings. The average molecular weight is 290 g/mol. The maximum atomic E-state index is 12.4. The van der Waals surface area contributed by atoms with E-state index in [1.807, 2.05) is 20.8 Å². The highest BCUT2D eigenvalue weighted by molar-refractivity contribution is 5.99. The molecule has 0 aromatic heterocycles. The van der Waals surface area contributed by atoms with Crippen molar-refractivity contribution in [3.05, 3.63) is 42.0 Å². The number of carbonyl (C=O) groups excluding carboxylic acids is 2. The first kappa shape index (κ1) is 16.8. The van der Waals surface area contributed by atoms with Gasteiger partial charge in [-0.25, -0.2) is 5.01 Å². The molecule has 21 heavy (non-hydrogen) atoms. The number of ether oxygens (including phenoxy) is 1. The van der Waals surface area contributed by atoms with E-state index >= 15 is 0 Å². The number of hydrogen-bond acceptors (Lipinski definition) is 3. The Bertz CT molecular complexity index is 545. The van der Waals surface area contributed by atoms with Crippen molar-refractivity contribution < 1.29 is 14.3 Å². The lowest BCUT2D eigenvalue weighted by Gasteiger charge is -2.34. The van der Waals surface area contributed by atoms with Gasteiger partial charge in [0.15, 0.2) is 0 Å². The molecule has 114 valence electrons. The van der Waals surface area contributed by atoms with Crippen LogP contribution < -0.4 is 10.2 Å². The second-order valence-electron chi connectivity index (χ2n) is 5.49. The van der Waals surface area contributed by atoms with Crippen LogP contribution in [-0.2, 0) is 4.79 Å². The molecule has 1 aromatic carbocycles. The normalized spacial score (nSPS) is 11.3. The van der Waals surface area contributed by atoms with Crippen LogP contribution in [0.15, 0.2) is 36.4 Å². The number of allylic oxidation sites excluding steroid dienone is 1. The molecular weight excluding hydrogens is 268 g/mol. The number of hydrazine groups is 1. The Morgan fingerprint density at radius 1 is 1.24 bits per heavy atom. The first-order valence-electron chi connectivity index (χ1n) is 6.72. The summed E-state index contributed by atoms with van der Waals surface area (Å²) in [6.45, 7) is 7.28. The van der Waals surface area contributed by atoms with Crippen LogP contribution in [0.3, 0.4) is 0 Å². The third-order valence-electron chi connectivity index (χ3n) is 2.77. The van der Waals surface area contributed by atoms with Crippen molar-refractivity contribution in [3.63, 3.8) is 0 Å². The molecule has 0 bridgehead atoms. The molecule has 1 rings (SSSR count). The number of hydrogen-bond donors (Lipinski definition) is 1. The van der Waals surface area contributed by atoms with Crippen molar-refractivity contribution in [2.75, 3.05) is 7.11 Å². The van der Waals surface area contributed by atoms with Gasteiger partial charge >= 0.3 is 0 Å². The zero-order valence-corrected chi connectivity index (χ0v) is 13.1. The summed E-state index contributed by atoms with van der Waals surface area (Å²) in [7, 11) is 1.50. The zero-order valence-electron chi connectivity index (χ0n) is 13.1. The average Bonchev–Trinajstić information content (AvgIpc) is 2.43. The molecule has 0 aliphatic carbocycles. The largest absolute Gasteiger partial charge is 0.496 e. The molecule has 0 aliphatic heterocycles. The van der Waals surface area contributed by atoms with Crippen molar-refractivity contribution >= 4 is 11.8 Å². The highest BCUT2D eigenvalue weighted by Gasteiger charge is 2.27. The van der Waals surface area contributed by atoms with Crippen molar-refractivity contribution in [1.29, 1.82) is 0 Å². The number of nitrogens with zero attached hydrogens (tertiary/aromatic N) is 1. The lowest BCUT2D eigenvalue weighted by atomic mass is 10.1. The zero-order chi connectivity index (χ0) is 16.0. The Morgan fingerprint density at radius 3 is 2.38 bits per heavy atom. The van der Waals surface area contributed by atoms with Crippen molar-refractivity contribution in [3.8, 4) is 5.75 Å². The van der Waals surface area contributed by atoms with E-state index in [-0.39, 0.29) is 11.8 Å². The molecular formula is C16H22N2O3. The molecule has 0 saturated carbocycles. The SMILES string of the molecule is CC=CC(=O)N(NC(=O)c1ccccc1OC)C(C)(C)C. The van der Waals surface area contributed by atoms with Crippen molar-refractivity contribution in [1.82, 2.24) is 10.4 Å². The number of benzene rings is 1. The summed E-state index contributed by atoms with van der Waals surface area (Å²) in [4.78, 5) is 24.5. The number of amides is 2. The topological polar surface area (TPSA) is 58.6 Å². The van der Waals surface area contributed by atoms with Gasteiger partial charge in [-0.3, -0.25) is 15.0 Å². The first-order valence-corrected chi connectivity index (χ1v) is 6.72. The fourth-order valence-corrected chi connectivity index (χ4v) is 1.76. The summed E-state index contributed by atoms with van der Waals surface area (Å²) in [6.07, 6.45) is 3.05. The summed E-state index contributed by atoms with van der Waals surface area (Å²) < 4.78 is 5.16. The molecule has 0 unspecified atom stereocenters. The molecule has 0 atom stereocenters. The monoisotopic (exact) mass is 290 g/mol. The van der Waals surface area contributed by atoms with Crippen LogP contribution in [-0.4, -0.2) is 29.5 Å². The van der Waals surface area contributed by atoms with E-state index in [1.165, 1.54) is 18.2 Å². The third-order valence-corrected chi connectivity index (χ3v) is 2.77. The van der Waals surface area contributed by atoms with Gasteiger partial charge in [0.1, 0.15) is 5.75 Å². The van der Waals surface area contributed by atoms with Gasteiger partial charge in [0, 0.05) is 6.08 Å². The number of nitrogens with one attached hydrogen (secondary N) is 1. The molecule has 2 amide bonds. The van der Waals surface area contributed by atoms with Gasteiger partial charge in [-0.05, 0) is 39.8 Å². The van der Waals surface area contributed by atoms with Crippen LogP contribution in [0.25, 0.3) is 0 Å². The molecule has 0 saturated heterocycles. The van der Waals surface area contributed by atoms with Crippen LogP contribution in [0.2, 0.25) is 0 Å². The first-order chi connectivity index (χ1) is 9.81. The summed E-state index contributed by atoms with van der Waals surface area (Å²) in [5, 5.41) is 1.31. The number of rotatable bonds is 3. The minimum absolute atomic E-state index is 0.284. The van der Waals surface area contributed by atoms with Gasteiger partial charge in [-0.2, -0.15) is 0 Å². The van der Waals surface area contributed by atoms with E-state index in [0.717, 1.165) is 0 Å². The third kappa shape index (κ3) is 4.34. The van der Waals surface area contributed by atoms with Crippen LogP contribution in [0.5, 0.6) is 5.75 Å². The minimum atomic E-state index is -0.547. The lowest BCUT2D eigenvalue weighted by molar-refractivity contribution is -0.133. The highest BCUT2D eigenvalue weighted by Crippen LogP contribution is 2.18. The highest BCUT2D eigenvalue weighted by atomic mass is 16.5. The fourth-order valence-electron chi connectivity index (χ4n) is 1.76. The van der Waals surface area contributed by atoms with Gasteiger partial charge in [-0.1, -0.05) is 18.2 Å². The second kappa shape index (κ2) is 6.92. The van der Waals surface area contributed by atoms with Crippen LogP contribution in [0.1, 0.15) is 38.1 Å². The van der Waals surface area contributed by atoms with Gasteiger partial charge < -0.3 is 4.74 Å². The van der Waals surface area contributed by atoms with Gasteiger partial charge in [-0.15, -0.1) is 0 Å². The van der Waals surface area contributed by atoms with Gasteiger partial charge in [0.25, 0.3) is 11.8 Å². The number of carbonyl (C=O) groups is 2. The Kier molecular flexibility index (Phi) is 5.52. The Labute approximate surface area is 125 Å². The molecule has 0 radical (unpaired) electrons. The second-order valence-corrected chi connectivity index (χ2v) is 5.49. The quantitative estimate of drug-likeness (QED) is 0.687. The maximum absolute atomic E-state index is 12.4. The lowest BCUT2D eigenvalue weighted by Crippen LogP contribution is -2.55. The summed E-state index contributed by atoms with van der Waals surface area (Å²) in [5.74, 6) is -0.212. The van der Waals surface area contributed by atoms with E-state index in [2.05, 4.69) is 5.43 Å². The molecule has 5 nitrogen and oxygen atoms in total. The molecule has 0 spiro atoms. The molecule has 0 heterocycles. The Morgan fingerprint density at radius 2 is 1.86 bits per heavy atom. The van der Waals surface area contributed by atoms with Crippen molar-refractivity contribution in [2.45, 2.75) is 33.2 Å². The smallest absolute Gasteiger partial charge is 0.273 e. The minimum Gasteiger partial charge on any atom is -0.496 e. The van der Waals surface area contributed by atoms with Crippen LogP contribution in [0.4, 0.5) is 0 Å². The van der Waals surface area contributed by atoms with E-state index in [0.29, 0.717) is 11.3 Å². The maximum Gasteiger partial charge on any atom is 0.273 e. The Balaban J connectivity index is 3.04. The van der Waals surface area contributed by atoms with E-state index in [1.54, 1.807) is 37.3 Å². The van der Waals surface area contributed by atoms with E-state index in [9.17, 15) is 9.59 Å². The molecule has 5 heteroatoms. The predicted octanol–water partition coefficient (Wildman–Crippen LogP) is 2.54. The molecule has 0 fully saturated rings. The van der Waals surface area contributed by atoms with Gasteiger partial charge in [0.05, 0.1) is 18.2 Å². The molecule has 1 N–H and O–H groups in total. The van der Waals surface area contributed by atoms with Crippen LogP contribution >= 0.6 is 0 Å². The van der Waals surface area contributed by atoms with E-state index < -0.39 is 5.54 Å². The standard InChI is InChI=1S/C16H22N2O3/c1-6-9-14(19)18(16(2,3)4)17-15(20)12-10-7-8-11-13(12)21-5/h6-11H,1-5H3,(H,17,20). The summed E-state index contributed by atoms with van der Waals surface area (Å²) in [6, 6.07) is 6.87. The van der Waals surface area contributed by atoms with E-state index in [4.69, 9.17) is 4.74 Å². The number of para-hydroxylation sites is 1. The van der Waals surface area contributed by atoms with Crippen LogP contribution in [0, 0.1) is 0 Å². The Hall–Kier alpha value is -2.30. The fraction of sp³-hybridized carbons (Fsp3) is 0.375.